The highest BCUT2D eigenvalue weighted by Crippen LogP contribution is 2.43. The number of benzene rings is 4. The van der Waals surface area contributed by atoms with Crippen LogP contribution in [-0.2, 0) is 4.79 Å². The standard InChI is InChI=1S/C21H20N4O4.C17H16N2O4/c1-23-21(26)14(11-22)7-12-5-6-16-15(8-12)19(25-24-16)13-9-17(27-2)20(29-4)18(10-13)28-3;1-21-14-7-11(8-15(22-2)17(14)23-3)16-12-6-10(9-20)4-5-13(12)18-19-16/h5-10H,1-4H3,(H,23,26)(H,24,25);4-9H,1-3H3,(H,18,19)/b14-7+;. The molecule has 0 aliphatic heterocycles. The number of rotatable bonds is 11. The quantitative estimate of drug-likeness (QED) is 0.0820. The first kappa shape index (κ1) is 36.3. The zero-order chi connectivity index (χ0) is 37.4. The second-order valence-electron chi connectivity index (χ2n) is 10.9. The number of amides is 1. The molecule has 0 bridgehead atoms. The summed E-state index contributed by atoms with van der Waals surface area (Å²) in [5.74, 6) is 2.69. The van der Waals surface area contributed by atoms with Crippen LogP contribution >= 0.6 is 0 Å². The number of ether oxygens (including phenoxy) is 6. The molecule has 0 spiro atoms. The van der Waals surface area contributed by atoms with Crippen molar-refractivity contribution >= 4 is 40.1 Å². The van der Waals surface area contributed by atoms with Gasteiger partial charge in [-0.2, -0.15) is 15.5 Å². The Morgan fingerprint density at radius 3 is 1.46 bits per heavy atom. The predicted molar refractivity (Wildman–Crippen MR) is 195 cm³/mol. The van der Waals surface area contributed by atoms with Crippen molar-refractivity contribution in [3.05, 3.63) is 77.4 Å². The molecule has 6 rings (SSSR count). The SMILES string of the molecule is CNC(=O)/C(C#N)=C/c1ccc2[nH]nc(-c3cc(OC)c(OC)c(OC)c3)c2c1.COc1cc(-c2n[nH]c3ccc(C=O)cc23)cc(OC)c1OC. The fourth-order valence-electron chi connectivity index (χ4n) is 5.55. The second kappa shape index (κ2) is 16.1. The number of nitrogens with zero attached hydrogens (tertiary/aromatic N) is 3. The maximum Gasteiger partial charge on any atom is 0.261 e. The maximum atomic E-state index is 11.8. The molecule has 266 valence electrons. The van der Waals surface area contributed by atoms with Gasteiger partial charge in [-0.1, -0.05) is 6.07 Å². The largest absolute Gasteiger partial charge is 0.493 e. The van der Waals surface area contributed by atoms with Gasteiger partial charge in [0.1, 0.15) is 29.3 Å². The van der Waals surface area contributed by atoms with Gasteiger partial charge in [-0.15, -0.1) is 0 Å². The summed E-state index contributed by atoms with van der Waals surface area (Å²) < 4.78 is 32.3. The fourth-order valence-corrected chi connectivity index (χ4v) is 5.55. The van der Waals surface area contributed by atoms with Crippen LogP contribution in [0.1, 0.15) is 15.9 Å². The van der Waals surface area contributed by atoms with Gasteiger partial charge in [0.15, 0.2) is 23.0 Å². The summed E-state index contributed by atoms with van der Waals surface area (Å²) in [7, 11) is 10.8. The number of aromatic nitrogens is 4. The van der Waals surface area contributed by atoms with Crippen molar-refractivity contribution in [2.45, 2.75) is 0 Å². The van der Waals surface area contributed by atoms with E-state index in [9.17, 15) is 14.9 Å². The Bertz CT molecular complexity index is 2290. The molecule has 0 aliphatic rings. The maximum absolute atomic E-state index is 11.8. The molecule has 2 heterocycles. The lowest BCUT2D eigenvalue weighted by atomic mass is 10.0. The first-order valence-corrected chi connectivity index (χ1v) is 15.6. The monoisotopic (exact) mass is 704 g/mol. The molecular formula is C38H36N6O8. The lowest BCUT2D eigenvalue weighted by Gasteiger charge is -2.13. The summed E-state index contributed by atoms with van der Waals surface area (Å²) in [6.07, 6.45) is 2.34. The Hall–Kier alpha value is -7.01. The molecule has 1 amide bonds. The van der Waals surface area contributed by atoms with Crippen LogP contribution in [0.25, 0.3) is 50.4 Å². The minimum atomic E-state index is -0.440. The van der Waals surface area contributed by atoms with E-state index in [-0.39, 0.29) is 5.57 Å². The lowest BCUT2D eigenvalue weighted by Crippen LogP contribution is -2.19. The first-order chi connectivity index (χ1) is 25.3. The molecule has 4 aromatic carbocycles. The summed E-state index contributed by atoms with van der Waals surface area (Å²) in [5, 5.41) is 28.1. The number of aldehydes is 1. The molecule has 0 radical (unpaired) electrons. The van der Waals surface area contributed by atoms with E-state index in [1.54, 1.807) is 60.9 Å². The molecule has 0 atom stereocenters. The molecule has 0 unspecified atom stereocenters. The van der Waals surface area contributed by atoms with E-state index in [1.165, 1.54) is 13.1 Å². The van der Waals surface area contributed by atoms with Crippen molar-refractivity contribution in [3.63, 3.8) is 0 Å². The van der Waals surface area contributed by atoms with E-state index in [4.69, 9.17) is 28.4 Å². The van der Waals surface area contributed by atoms with E-state index in [0.717, 1.165) is 39.2 Å². The molecule has 14 heteroatoms. The van der Waals surface area contributed by atoms with Crippen molar-refractivity contribution in [3.8, 4) is 63.1 Å². The Balaban J connectivity index is 0.000000206. The highest BCUT2D eigenvalue weighted by molar-refractivity contribution is 6.02. The number of nitrogens with one attached hydrogen (secondary N) is 3. The fraction of sp³-hybridized carbons (Fsp3) is 0.184. The van der Waals surface area contributed by atoms with Gasteiger partial charge in [0.25, 0.3) is 5.91 Å². The number of H-pyrrole nitrogens is 2. The normalized spacial score (nSPS) is 10.8. The van der Waals surface area contributed by atoms with Gasteiger partial charge in [-0.3, -0.25) is 19.8 Å². The van der Waals surface area contributed by atoms with Gasteiger partial charge < -0.3 is 33.7 Å². The Kier molecular flexibility index (Phi) is 11.3. The third-order valence-electron chi connectivity index (χ3n) is 8.09. The number of methoxy groups -OCH3 is 6. The Morgan fingerprint density at radius 2 is 1.10 bits per heavy atom. The molecule has 52 heavy (non-hydrogen) atoms. The second-order valence-corrected chi connectivity index (χ2v) is 10.9. The van der Waals surface area contributed by atoms with Crippen LogP contribution in [0.3, 0.4) is 0 Å². The van der Waals surface area contributed by atoms with Gasteiger partial charge in [-0.05, 0) is 66.2 Å². The third-order valence-corrected chi connectivity index (χ3v) is 8.09. The Morgan fingerprint density at radius 1 is 0.673 bits per heavy atom. The molecule has 6 aromatic rings. The van der Waals surface area contributed by atoms with E-state index in [1.807, 2.05) is 48.5 Å². The predicted octanol–water partition coefficient (Wildman–Crippen LogP) is 5.98. The smallest absolute Gasteiger partial charge is 0.261 e. The number of fused-ring (bicyclic) bond motifs is 2. The van der Waals surface area contributed by atoms with Crippen LogP contribution < -0.4 is 33.7 Å². The van der Waals surface area contributed by atoms with Gasteiger partial charge >= 0.3 is 0 Å². The van der Waals surface area contributed by atoms with Crippen LogP contribution in [0.5, 0.6) is 34.5 Å². The summed E-state index contributed by atoms with van der Waals surface area (Å²) in [4.78, 5) is 22.8. The van der Waals surface area contributed by atoms with Crippen molar-refractivity contribution in [1.82, 2.24) is 25.7 Å². The van der Waals surface area contributed by atoms with Gasteiger partial charge in [-0.25, -0.2) is 0 Å². The molecule has 0 aliphatic carbocycles. The highest BCUT2D eigenvalue weighted by atomic mass is 16.5. The van der Waals surface area contributed by atoms with Crippen LogP contribution in [0, 0.1) is 11.3 Å². The van der Waals surface area contributed by atoms with Crippen LogP contribution in [0.4, 0.5) is 0 Å². The van der Waals surface area contributed by atoms with Crippen LogP contribution in [-0.4, -0.2) is 82.3 Å². The van der Waals surface area contributed by atoms with Crippen LogP contribution in [0.15, 0.2) is 66.2 Å². The van der Waals surface area contributed by atoms with Gasteiger partial charge in [0.05, 0.1) is 53.7 Å². The number of carbonyl (C=O) groups is 2. The summed E-state index contributed by atoms with van der Waals surface area (Å²) in [6.45, 7) is 0. The van der Waals surface area contributed by atoms with Gasteiger partial charge in [0, 0.05) is 34.5 Å². The van der Waals surface area contributed by atoms with Gasteiger partial charge in [0.2, 0.25) is 11.5 Å². The summed E-state index contributed by atoms with van der Waals surface area (Å²) in [6, 6.07) is 20.1. The van der Waals surface area contributed by atoms with E-state index in [0.29, 0.717) is 57.0 Å². The topological polar surface area (TPSA) is 183 Å². The number of carbonyl (C=O) groups excluding carboxylic acids is 2. The average Bonchev–Trinajstić information content (AvgIpc) is 3.82. The van der Waals surface area contributed by atoms with Crippen molar-refractivity contribution < 1.29 is 38.0 Å². The number of aromatic amines is 2. The molecule has 14 nitrogen and oxygen atoms in total. The molecule has 0 saturated carbocycles. The van der Waals surface area contributed by atoms with E-state index >= 15 is 0 Å². The Labute approximate surface area is 298 Å². The molecule has 0 saturated heterocycles. The highest BCUT2D eigenvalue weighted by Gasteiger charge is 2.19. The number of hydrogen-bond donors (Lipinski definition) is 3. The molecule has 2 aromatic heterocycles. The van der Waals surface area contributed by atoms with Crippen LogP contribution in [0.2, 0.25) is 0 Å². The minimum absolute atomic E-state index is 0.0182. The third kappa shape index (κ3) is 7.15. The molecule has 3 N–H and O–H groups in total. The minimum Gasteiger partial charge on any atom is -0.493 e. The molecular weight excluding hydrogens is 668 g/mol. The average molecular weight is 705 g/mol. The number of hydrogen-bond acceptors (Lipinski definition) is 11. The van der Waals surface area contributed by atoms with E-state index in [2.05, 4.69) is 25.7 Å². The number of likely N-dealkylation sites (N-methyl/N-ethyl adjacent to an activating group) is 1. The van der Waals surface area contributed by atoms with Crippen molar-refractivity contribution in [2.75, 3.05) is 49.7 Å². The first-order valence-electron chi connectivity index (χ1n) is 15.6. The lowest BCUT2D eigenvalue weighted by molar-refractivity contribution is -0.116. The number of nitriles is 1. The van der Waals surface area contributed by atoms with E-state index < -0.39 is 5.91 Å². The van der Waals surface area contributed by atoms with Crippen molar-refractivity contribution in [2.24, 2.45) is 0 Å². The summed E-state index contributed by atoms with van der Waals surface area (Å²) in [5.41, 5.74) is 5.91. The zero-order valence-corrected chi connectivity index (χ0v) is 29.5. The van der Waals surface area contributed by atoms with Crippen molar-refractivity contribution in [1.29, 1.82) is 5.26 Å². The zero-order valence-electron chi connectivity index (χ0n) is 29.5. The summed E-state index contributed by atoms with van der Waals surface area (Å²) >= 11 is 0. The molecule has 0 fully saturated rings.